The van der Waals surface area contributed by atoms with Gasteiger partial charge in [0.25, 0.3) is 0 Å². The average Bonchev–Trinajstić information content (AvgIpc) is 3.46. The molecule has 0 unspecified atom stereocenters. The van der Waals surface area contributed by atoms with Crippen molar-refractivity contribution in [3.63, 3.8) is 0 Å². The summed E-state index contributed by atoms with van der Waals surface area (Å²) in [6.07, 6.45) is 10.9. The first-order valence-corrected chi connectivity index (χ1v) is 10.3. The summed E-state index contributed by atoms with van der Waals surface area (Å²) in [7, 11) is 0. The summed E-state index contributed by atoms with van der Waals surface area (Å²) in [6, 6.07) is 1.82. The molecule has 0 bridgehead atoms. The highest BCUT2D eigenvalue weighted by atomic mass is 32.1. The predicted octanol–water partition coefficient (Wildman–Crippen LogP) is 3.76. The lowest BCUT2D eigenvalue weighted by molar-refractivity contribution is 0.700. The number of hydrogen-bond acceptors (Lipinski definition) is 7. The smallest absolute Gasteiger partial charge is 0.222 e. The fourth-order valence-corrected chi connectivity index (χ4v) is 4.84. The number of fused-ring (bicyclic) bond motifs is 3. The molecule has 7 heteroatoms. The molecule has 6 nitrogen and oxygen atoms in total. The third kappa shape index (κ3) is 3.11. The van der Waals surface area contributed by atoms with Gasteiger partial charge in [-0.1, -0.05) is 0 Å². The maximum atomic E-state index is 4.91. The van der Waals surface area contributed by atoms with Crippen LogP contribution in [0.15, 0.2) is 18.5 Å². The molecule has 1 saturated carbocycles. The molecule has 0 spiro atoms. The Bertz CT molecular complexity index is 919. The zero-order chi connectivity index (χ0) is 17.3. The molecule has 2 N–H and O–H groups in total. The summed E-state index contributed by atoms with van der Waals surface area (Å²) in [5.41, 5.74) is 1.49. The lowest BCUT2D eigenvalue weighted by atomic mass is 9.97. The molecular formula is C19H22N6S. The number of aromatic nitrogens is 4. The van der Waals surface area contributed by atoms with Crippen molar-refractivity contribution < 1.29 is 0 Å². The number of nitrogens with zero attached hydrogens (tertiary/aromatic N) is 4. The van der Waals surface area contributed by atoms with Crippen LogP contribution in [0.1, 0.15) is 47.9 Å². The first-order chi connectivity index (χ1) is 12.9. The summed E-state index contributed by atoms with van der Waals surface area (Å²) in [6.45, 7) is 1.53. The van der Waals surface area contributed by atoms with E-state index in [4.69, 9.17) is 9.97 Å². The van der Waals surface area contributed by atoms with Crippen LogP contribution in [0.4, 0.5) is 11.8 Å². The van der Waals surface area contributed by atoms with Crippen LogP contribution in [0, 0.1) is 0 Å². The summed E-state index contributed by atoms with van der Waals surface area (Å²) in [5.74, 6) is 3.27. The van der Waals surface area contributed by atoms with Gasteiger partial charge in [-0.25, -0.2) is 19.9 Å². The van der Waals surface area contributed by atoms with Crippen molar-refractivity contribution in [3.05, 3.63) is 34.7 Å². The first kappa shape index (κ1) is 15.9. The van der Waals surface area contributed by atoms with E-state index < -0.39 is 0 Å². The van der Waals surface area contributed by atoms with Crippen LogP contribution >= 0.6 is 11.3 Å². The quantitative estimate of drug-likeness (QED) is 0.647. The summed E-state index contributed by atoms with van der Waals surface area (Å²) >= 11 is 1.88. The summed E-state index contributed by atoms with van der Waals surface area (Å²) < 4.78 is 0. The highest BCUT2D eigenvalue weighted by molar-refractivity contribution is 7.19. The maximum Gasteiger partial charge on any atom is 0.222 e. The SMILES string of the molecule is c1cnc(NCCNc2nc(C3CC3)nc3sc4c(c23)CCCC4)nc1. The third-order valence-corrected chi connectivity index (χ3v) is 6.23. The molecule has 0 aromatic carbocycles. The molecule has 0 radical (unpaired) electrons. The molecule has 26 heavy (non-hydrogen) atoms. The Morgan fingerprint density at radius 3 is 2.65 bits per heavy atom. The van der Waals surface area contributed by atoms with Crippen LogP contribution in [0.3, 0.4) is 0 Å². The standard InChI is InChI=1S/C19H22N6S/c1-2-5-14-13(4-1)15-17(20-10-11-23-19-21-8-3-9-22-19)24-16(12-6-7-12)25-18(15)26-14/h3,8-9,12H,1-2,4-7,10-11H2,(H,20,24,25)(H,21,22,23). The monoisotopic (exact) mass is 366 g/mol. The zero-order valence-corrected chi connectivity index (χ0v) is 15.5. The Kier molecular flexibility index (Phi) is 4.16. The average molecular weight is 366 g/mol. The van der Waals surface area contributed by atoms with Gasteiger partial charge >= 0.3 is 0 Å². The third-order valence-electron chi connectivity index (χ3n) is 5.04. The lowest BCUT2D eigenvalue weighted by Crippen LogP contribution is -2.16. The van der Waals surface area contributed by atoms with E-state index in [0.29, 0.717) is 11.9 Å². The van der Waals surface area contributed by atoms with Gasteiger partial charge in [0.2, 0.25) is 5.95 Å². The summed E-state index contributed by atoms with van der Waals surface area (Å²) in [4.78, 5) is 20.9. The number of anilines is 2. The van der Waals surface area contributed by atoms with Crippen molar-refractivity contribution in [3.8, 4) is 0 Å². The van der Waals surface area contributed by atoms with Crippen molar-refractivity contribution in [2.75, 3.05) is 23.7 Å². The molecule has 3 aromatic rings. The van der Waals surface area contributed by atoms with E-state index in [1.54, 1.807) is 12.4 Å². The van der Waals surface area contributed by atoms with Gasteiger partial charge in [0.15, 0.2) is 0 Å². The van der Waals surface area contributed by atoms with E-state index in [0.717, 1.165) is 31.2 Å². The number of hydrogen-bond donors (Lipinski definition) is 2. The van der Waals surface area contributed by atoms with Crippen LogP contribution in [0.2, 0.25) is 0 Å². The molecule has 5 rings (SSSR count). The number of nitrogens with one attached hydrogen (secondary N) is 2. The molecule has 0 amide bonds. The second-order valence-corrected chi connectivity index (χ2v) is 8.11. The molecule has 3 heterocycles. The van der Waals surface area contributed by atoms with E-state index in [-0.39, 0.29) is 0 Å². The first-order valence-electron chi connectivity index (χ1n) is 9.45. The van der Waals surface area contributed by atoms with Crippen LogP contribution in [0.25, 0.3) is 10.2 Å². The normalized spacial score (nSPS) is 16.5. The molecule has 1 fully saturated rings. The van der Waals surface area contributed by atoms with Gasteiger partial charge in [-0.2, -0.15) is 0 Å². The Hall–Kier alpha value is -2.28. The Labute approximate surface area is 156 Å². The van der Waals surface area contributed by atoms with Crippen LogP contribution in [-0.4, -0.2) is 33.0 Å². The van der Waals surface area contributed by atoms with E-state index in [9.17, 15) is 0 Å². The fourth-order valence-electron chi connectivity index (χ4n) is 3.57. The minimum Gasteiger partial charge on any atom is -0.368 e. The Balaban J connectivity index is 1.39. The van der Waals surface area contributed by atoms with Crippen molar-refractivity contribution in [1.82, 2.24) is 19.9 Å². The lowest BCUT2D eigenvalue weighted by Gasteiger charge is -2.13. The Morgan fingerprint density at radius 2 is 1.81 bits per heavy atom. The number of thiophene rings is 1. The van der Waals surface area contributed by atoms with Gasteiger partial charge in [-0.15, -0.1) is 11.3 Å². The topological polar surface area (TPSA) is 75.6 Å². The van der Waals surface area contributed by atoms with Crippen LogP contribution < -0.4 is 10.6 Å². The van der Waals surface area contributed by atoms with Gasteiger partial charge < -0.3 is 10.6 Å². The molecule has 0 saturated heterocycles. The van der Waals surface area contributed by atoms with Crippen LogP contribution in [0.5, 0.6) is 0 Å². The fraction of sp³-hybridized carbons (Fsp3) is 0.474. The second kappa shape index (κ2) is 6.79. The van der Waals surface area contributed by atoms with E-state index in [1.807, 2.05) is 17.4 Å². The molecule has 2 aliphatic carbocycles. The highest BCUT2D eigenvalue weighted by Crippen LogP contribution is 2.43. The Morgan fingerprint density at radius 1 is 1.00 bits per heavy atom. The van der Waals surface area contributed by atoms with Gasteiger partial charge in [-0.3, -0.25) is 0 Å². The number of rotatable bonds is 6. The minimum atomic E-state index is 0.565. The predicted molar refractivity (Wildman–Crippen MR) is 105 cm³/mol. The van der Waals surface area contributed by atoms with E-state index in [1.165, 1.54) is 52.8 Å². The van der Waals surface area contributed by atoms with Crippen molar-refractivity contribution in [1.29, 1.82) is 0 Å². The van der Waals surface area contributed by atoms with Gasteiger partial charge in [-0.05, 0) is 50.2 Å². The molecule has 0 atom stereocenters. The summed E-state index contributed by atoms with van der Waals surface area (Å²) in [5, 5.41) is 8.07. The molecule has 134 valence electrons. The maximum absolute atomic E-state index is 4.91. The molecule has 3 aromatic heterocycles. The molecule has 0 aliphatic heterocycles. The molecular weight excluding hydrogens is 344 g/mol. The van der Waals surface area contributed by atoms with Gasteiger partial charge in [0.1, 0.15) is 16.5 Å². The molecule has 2 aliphatic rings. The van der Waals surface area contributed by atoms with Crippen molar-refractivity contribution in [2.24, 2.45) is 0 Å². The van der Waals surface area contributed by atoms with Gasteiger partial charge in [0.05, 0.1) is 5.39 Å². The zero-order valence-electron chi connectivity index (χ0n) is 14.7. The minimum absolute atomic E-state index is 0.565. The van der Waals surface area contributed by atoms with E-state index in [2.05, 4.69) is 20.6 Å². The highest BCUT2D eigenvalue weighted by Gasteiger charge is 2.29. The van der Waals surface area contributed by atoms with E-state index >= 15 is 0 Å². The van der Waals surface area contributed by atoms with Gasteiger partial charge in [0, 0.05) is 36.3 Å². The number of aryl methyl sites for hydroxylation is 2. The second-order valence-electron chi connectivity index (χ2n) is 7.02. The largest absolute Gasteiger partial charge is 0.368 e. The van der Waals surface area contributed by atoms with Crippen molar-refractivity contribution >= 4 is 33.3 Å². The van der Waals surface area contributed by atoms with Crippen LogP contribution in [-0.2, 0) is 12.8 Å². The van der Waals surface area contributed by atoms with Crippen molar-refractivity contribution in [2.45, 2.75) is 44.4 Å².